The smallest absolute Gasteiger partial charge is 0.316 e. The van der Waals surface area contributed by atoms with Gasteiger partial charge in [-0.1, -0.05) is 15.9 Å². The van der Waals surface area contributed by atoms with Crippen LogP contribution in [-0.2, 0) is 14.3 Å². The third kappa shape index (κ3) is 5.49. The second-order valence-electron chi connectivity index (χ2n) is 3.80. The zero-order chi connectivity index (χ0) is 11.1. The molecule has 0 radical (unpaired) electrons. The number of carbonyl (C=O) groups excluding carboxylic acids is 1. The fourth-order valence-corrected chi connectivity index (χ4v) is 1.77. The first kappa shape index (κ1) is 12.9. The number of nitrogens with one attached hydrogen (secondary N) is 1. The average Bonchev–Trinajstić information content (AvgIpc) is 2.24. The van der Waals surface area contributed by atoms with Crippen molar-refractivity contribution in [3.8, 4) is 0 Å². The molecule has 0 aromatic carbocycles. The molecule has 88 valence electrons. The Morgan fingerprint density at radius 1 is 1.60 bits per heavy atom. The van der Waals surface area contributed by atoms with Crippen LogP contribution >= 0.6 is 15.9 Å². The summed E-state index contributed by atoms with van der Waals surface area (Å²) in [5.41, 5.74) is 0. The highest BCUT2D eigenvalue weighted by atomic mass is 79.9. The second-order valence-corrected chi connectivity index (χ2v) is 4.36. The van der Waals surface area contributed by atoms with Crippen LogP contribution in [0.5, 0.6) is 0 Å². The van der Waals surface area contributed by atoms with Crippen molar-refractivity contribution in [1.29, 1.82) is 0 Å². The summed E-state index contributed by atoms with van der Waals surface area (Å²) in [5.74, 6) is -0.198. The number of halogens is 1. The third-order valence-corrected chi connectivity index (χ3v) is 2.73. The molecule has 1 fully saturated rings. The minimum absolute atomic E-state index is 0.198. The summed E-state index contributed by atoms with van der Waals surface area (Å²) in [6, 6.07) is 0.824. The molecule has 2 atom stereocenters. The molecular weight excluding hydrogens is 262 g/mol. The molecule has 1 rings (SSSR count). The molecule has 1 heterocycles. The molecular formula is C10H18BrNO3. The highest BCUT2D eigenvalue weighted by Crippen LogP contribution is 2.05. The van der Waals surface area contributed by atoms with Crippen molar-refractivity contribution in [3.63, 3.8) is 0 Å². The number of esters is 1. The highest BCUT2D eigenvalue weighted by molar-refractivity contribution is 9.09. The topological polar surface area (TPSA) is 47.6 Å². The SMILES string of the molecule is CC1COCC(CCCOC(=O)CBr)N1. The lowest BCUT2D eigenvalue weighted by atomic mass is 10.1. The standard InChI is InChI=1S/C10H18BrNO3/c1-8-6-14-7-9(12-8)3-2-4-15-10(13)5-11/h8-9,12H,2-7H2,1H3. The lowest BCUT2D eigenvalue weighted by molar-refractivity contribution is -0.140. The van der Waals surface area contributed by atoms with E-state index in [1.165, 1.54) is 0 Å². The van der Waals surface area contributed by atoms with E-state index in [0.717, 1.165) is 26.1 Å². The number of hydrogen-bond acceptors (Lipinski definition) is 4. The van der Waals surface area contributed by atoms with Crippen LogP contribution in [0.3, 0.4) is 0 Å². The number of carbonyl (C=O) groups is 1. The molecule has 4 nitrogen and oxygen atoms in total. The summed E-state index contributed by atoms with van der Waals surface area (Å²) in [4.78, 5) is 10.8. The number of ether oxygens (including phenoxy) is 2. The van der Waals surface area contributed by atoms with Gasteiger partial charge in [-0.15, -0.1) is 0 Å². The molecule has 1 aliphatic heterocycles. The van der Waals surface area contributed by atoms with E-state index in [-0.39, 0.29) is 11.3 Å². The number of morpholine rings is 1. The van der Waals surface area contributed by atoms with Gasteiger partial charge in [0.1, 0.15) is 5.33 Å². The molecule has 0 bridgehead atoms. The predicted molar refractivity (Wildman–Crippen MR) is 61.2 cm³/mol. The van der Waals surface area contributed by atoms with Gasteiger partial charge in [0, 0.05) is 12.1 Å². The van der Waals surface area contributed by atoms with Crippen LogP contribution in [0.2, 0.25) is 0 Å². The Bertz CT molecular complexity index is 201. The minimum atomic E-state index is -0.198. The molecule has 2 unspecified atom stereocenters. The van der Waals surface area contributed by atoms with Crippen molar-refractivity contribution in [2.45, 2.75) is 31.8 Å². The molecule has 1 aliphatic rings. The normalized spacial score (nSPS) is 26.3. The summed E-state index contributed by atoms with van der Waals surface area (Å²) in [5, 5.41) is 3.72. The molecule has 1 saturated heterocycles. The first-order valence-corrected chi connectivity index (χ1v) is 6.40. The Hall–Kier alpha value is -0.130. The van der Waals surface area contributed by atoms with Gasteiger partial charge in [-0.05, 0) is 19.8 Å². The van der Waals surface area contributed by atoms with E-state index < -0.39 is 0 Å². The zero-order valence-corrected chi connectivity index (χ0v) is 10.6. The van der Waals surface area contributed by atoms with E-state index in [1.807, 2.05) is 0 Å². The first-order valence-electron chi connectivity index (χ1n) is 5.27. The predicted octanol–water partition coefficient (Wildman–Crippen LogP) is 1.08. The quantitative estimate of drug-likeness (QED) is 0.465. The van der Waals surface area contributed by atoms with Gasteiger partial charge in [-0.25, -0.2) is 0 Å². The minimum Gasteiger partial charge on any atom is -0.465 e. The van der Waals surface area contributed by atoms with Gasteiger partial charge in [-0.3, -0.25) is 4.79 Å². The third-order valence-electron chi connectivity index (χ3n) is 2.28. The fraction of sp³-hybridized carbons (Fsp3) is 0.900. The molecule has 5 heteroatoms. The van der Waals surface area contributed by atoms with Gasteiger partial charge in [0.05, 0.1) is 19.8 Å². The maximum atomic E-state index is 10.8. The lowest BCUT2D eigenvalue weighted by Crippen LogP contribution is -2.47. The van der Waals surface area contributed by atoms with E-state index in [4.69, 9.17) is 9.47 Å². The van der Waals surface area contributed by atoms with Gasteiger partial charge in [0.15, 0.2) is 0 Å². The monoisotopic (exact) mass is 279 g/mol. The average molecular weight is 280 g/mol. The molecule has 0 amide bonds. The Balaban J connectivity index is 2.02. The Morgan fingerprint density at radius 3 is 3.07 bits per heavy atom. The highest BCUT2D eigenvalue weighted by Gasteiger charge is 2.17. The Morgan fingerprint density at radius 2 is 2.40 bits per heavy atom. The molecule has 0 spiro atoms. The van der Waals surface area contributed by atoms with Crippen molar-refractivity contribution < 1.29 is 14.3 Å². The van der Waals surface area contributed by atoms with E-state index in [0.29, 0.717) is 18.7 Å². The van der Waals surface area contributed by atoms with E-state index >= 15 is 0 Å². The van der Waals surface area contributed by atoms with Gasteiger partial charge in [0.2, 0.25) is 0 Å². The van der Waals surface area contributed by atoms with Crippen molar-refractivity contribution in [3.05, 3.63) is 0 Å². The van der Waals surface area contributed by atoms with Crippen molar-refractivity contribution >= 4 is 21.9 Å². The second kappa shape index (κ2) is 7.19. The van der Waals surface area contributed by atoms with Crippen LogP contribution in [0.1, 0.15) is 19.8 Å². The molecule has 0 saturated carbocycles. The van der Waals surface area contributed by atoms with E-state index in [9.17, 15) is 4.79 Å². The van der Waals surface area contributed by atoms with Gasteiger partial charge < -0.3 is 14.8 Å². The zero-order valence-electron chi connectivity index (χ0n) is 9.00. The molecule has 15 heavy (non-hydrogen) atoms. The summed E-state index contributed by atoms with van der Waals surface area (Å²) in [7, 11) is 0. The number of alkyl halides is 1. The summed E-state index contributed by atoms with van der Waals surface area (Å²) in [6.07, 6.45) is 1.87. The number of rotatable bonds is 5. The molecule has 0 aromatic rings. The van der Waals surface area contributed by atoms with Crippen LogP contribution in [0.4, 0.5) is 0 Å². The molecule has 1 N–H and O–H groups in total. The maximum absolute atomic E-state index is 10.8. The van der Waals surface area contributed by atoms with E-state index in [2.05, 4.69) is 28.2 Å². The maximum Gasteiger partial charge on any atom is 0.316 e. The van der Waals surface area contributed by atoms with E-state index in [1.54, 1.807) is 0 Å². The largest absolute Gasteiger partial charge is 0.465 e. The van der Waals surface area contributed by atoms with Crippen LogP contribution in [-0.4, -0.2) is 43.2 Å². The van der Waals surface area contributed by atoms with Gasteiger partial charge in [-0.2, -0.15) is 0 Å². The van der Waals surface area contributed by atoms with Crippen LogP contribution in [0.25, 0.3) is 0 Å². The summed E-state index contributed by atoms with van der Waals surface area (Å²) >= 11 is 3.04. The van der Waals surface area contributed by atoms with Gasteiger partial charge >= 0.3 is 5.97 Å². The van der Waals surface area contributed by atoms with Gasteiger partial charge in [0.25, 0.3) is 0 Å². The Labute approximate surface area is 98.8 Å². The first-order chi connectivity index (χ1) is 7.22. The van der Waals surface area contributed by atoms with Crippen molar-refractivity contribution in [1.82, 2.24) is 5.32 Å². The molecule has 0 aliphatic carbocycles. The van der Waals surface area contributed by atoms with Crippen molar-refractivity contribution in [2.24, 2.45) is 0 Å². The van der Waals surface area contributed by atoms with Crippen LogP contribution in [0.15, 0.2) is 0 Å². The van der Waals surface area contributed by atoms with Crippen LogP contribution in [0, 0.1) is 0 Å². The molecule has 0 aromatic heterocycles. The van der Waals surface area contributed by atoms with Crippen LogP contribution < -0.4 is 5.32 Å². The lowest BCUT2D eigenvalue weighted by Gasteiger charge is -2.28. The Kier molecular flexibility index (Phi) is 6.20. The summed E-state index contributed by atoms with van der Waals surface area (Å²) in [6.45, 7) is 4.15. The fourth-order valence-electron chi connectivity index (χ4n) is 1.61. The number of hydrogen-bond donors (Lipinski definition) is 1. The summed E-state index contributed by atoms with van der Waals surface area (Å²) < 4.78 is 10.4. The van der Waals surface area contributed by atoms with Crippen molar-refractivity contribution in [2.75, 3.05) is 25.2 Å².